The first-order valence-corrected chi connectivity index (χ1v) is 12.2. The second-order valence-electron chi connectivity index (χ2n) is 9.76. The van der Waals surface area contributed by atoms with Crippen molar-refractivity contribution in [3.8, 4) is 5.75 Å². The number of imide groups is 1. The SMILES string of the molecule is COc1ccc2[nH]c3c(c2c1)CC1(C)C(=O)N(CCN2CCOCC2)C(=O)N1C3c1ccccc1. The Morgan fingerprint density at radius 2 is 1.86 bits per heavy atom. The summed E-state index contributed by atoms with van der Waals surface area (Å²) in [4.78, 5) is 36.9. The van der Waals surface area contributed by atoms with Gasteiger partial charge < -0.3 is 14.5 Å². The van der Waals surface area contributed by atoms with Crippen molar-refractivity contribution in [2.75, 3.05) is 46.5 Å². The third-order valence-electron chi connectivity index (χ3n) is 7.73. The molecule has 3 aliphatic heterocycles. The number of amides is 3. The third-order valence-corrected chi connectivity index (χ3v) is 7.73. The third kappa shape index (κ3) is 3.43. The molecule has 0 spiro atoms. The van der Waals surface area contributed by atoms with E-state index in [0.29, 0.717) is 32.7 Å². The maximum atomic E-state index is 13.9. The molecule has 3 aromatic rings. The summed E-state index contributed by atoms with van der Waals surface area (Å²) < 4.78 is 10.9. The molecule has 8 heteroatoms. The van der Waals surface area contributed by atoms with Crippen LogP contribution in [0.25, 0.3) is 10.9 Å². The van der Waals surface area contributed by atoms with Crippen molar-refractivity contribution < 1.29 is 19.1 Å². The van der Waals surface area contributed by atoms with E-state index in [1.807, 2.05) is 55.5 Å². The van der Waals surface area contributed by atoms with Gasteiger partial charge >= 0.3 is 6.03 Å². The van der Waals surface area contributed by atoms with Gasteiger partial charge in [0.2, 0.25) is 0 Å². The van der Waals surface area contributed by atoms with Crippen LogP contribution in [0.5, 0.6) is 5.75 Å². The molecule has 3 aliphatic rings. The van der Waals surface area contributed by atoms with Gasteiger partial charge in [-0.2, -0.15) is 0 Å². The minimum Gasteiger partial charge on any atom is -0.497 e. The van der Waals surface area contributed by atoms with Crippen molar-refractivity contribution in [3.63, 3.8) is 0 Å². The van der Waals surface area contributed by atoms with Gasteiger partial charge in [-0.3, -0.25) is 19.5 Å². The highest BCUT2D eigenvalue weighted by molar-refractivity contribution is 6.08. The van der Waals surface area contributed by atoms with E-state index in [9.17, 15) is 9.59 Å². The summed E-state index contributed by atoms with van der Waals surface area (Å²) in [5.41, 5.74) is 3.03. The number of carbonyl (C=O) groups is 2. The molecule has 4 heterocycles. The first-order valence-electron chi connectivity index (χ1n) is 12.2. The largest absolute Gasteiger partial charge is 0.497 e. The fourth-order valence-electron chi connectivity index (χ4n) is 5.86. The maximum Gasteiger partial charge on any atom is 0.328 e. The summed E-state index contributed by atoms with van der Waals surface area (Å²) >= 11 is 0. The smallest absolute Gasteiger partial charge is 0.328 e. The number of methoxy groups -OCH3 is 1. The molecule has 3 amide bonds. The minimum absolute atomic E-state index is 0.125. The molecule has 2 aromatic carbocycles. The summed E-state index contributed by atoms with van der Waals surface area (Å²) in [6.45, 7) is 5.98. The summed E-state index contributed by atoms with van der Waals surface area (Å²) in [7, 11) is 1.65. The summed E-state index contributed by atoms with van der Waals surface area (Å²) in [6.07, 6.45) is 0.456. The number of fused-ring (bicyclic) bond motifs is 4. The number of hydrogen-bond acceptors (Lipinski definition) is 5. The van der Waals surface area contributed by atoms with Crippen LogP contribution in [-0.2, 0) is 16.0 Å². The van der Waals surface area contributed by atoms with Gasteiger partial charge in [-0.1, -0.05) is 30.3 Å². The van der Waals surface area contributed by atoms with Crippen LogP contribution >= 0.6 is 0 Å². The van der Waals surface area contributed by atoms with E-state index < -0.39 is 5.54 Å². The van der Waals surface area contributed by atoms with Gasteiger partial charge in [0.25, 0.3) is 5.91 Å². The molecular formula is C27H30N4O4. The lowest BCUT2D eigenvalue weighted by Crippen LogP contribution is -2.53. The predicted octanol–water partition coefficient (Wildman–Crippen LogP) is 3.18. The summed E-state index contributed by atoms with van der Waals surface area (Å²) in [5, 5.41) is 1.04. The van der Waals surface area contributed by atoms with Crippen LogP contribution < -0.4 is 4.74 Å². The molecule has 6 rings (SSSR count). The van der Waals surface area contributed by atoms with Crippen LogP contribution in [0.15, 0.2) is 48.5 Å². The number of rotatable bonds is 5. The summed E-state index contributed by atoms with van der Waals surface area (Å²) in [6, 6.07) is 15.3. The number of nitrogens with zero attached hydrogens (tertiary/aromatic N) is 3. The highest BCUT2D eigenvalue weighted by Gasteiger charge is 2.60. The Labute approximate surface area is 204 Å². The second kappa shape index (κ2) is 8.39. The standard InChI is InChI=1S/C27H30N4O4/c1-27-17-21-20-16-19(34-2)8-9-22(20)28-23(21)24(18-6-4-3-5-7-18)31(27)26(33)30(25(27)32)11-10-29-12-14-35-15-13-29/h3-9,16,24,28H,10-15,17H2,1-2H3. The van der Waals surface area contributed by atoms with Gasteiger partial charge in [-0.05, 0) is 36.2 Å². The molecule has 2 unspecified atom stereocenters. The van der Waals surface area contributed by atoms with E-state index in [1.165, 1.54) is 4.90 Å². The number of ether oxygens (including phenoxy) is 2. The number of hydrogen-bond donors (Lipinski definition) is 1. The van der Waals surface area contributed by atoms with Gasteiger partial charge in [0.1, 0.15) is 17.3 Å². The van der Waals surface area contributed by atoms with E-state index in [0.717, 1.165) is 46.6 Å². The fourth-order valence-corrected chi connectivity index (χ4v) is 5.86. The number of benzene rings is 2. The van der Waals surface area contributed by atoms with E-state index in [1.54, 1.807) is 12.0 Å². The first-order chi connectivity index (χ1) is 17.0. The zero-order chi connectivity index (χ0) is 24.2. The Morgan fingerprint density at radius 3 is 2.60 bits per heavy atom. The van der Waals surface area contributed by atoms with Crippen molar-refractivity contribution in [1.82, 2.24) is 19.7 Å². The maximum absolute atomic E-state index is 13.9. The Morgan fingerprint density at radius 1 is 1.09 bits per heavy atom. The van der Waals surface area contributed by atoms with Gasteiger partial charge in [0, 0.05) is 49.2 Å². The molecule has 182 valence electrons. The molecule has 0 aliphatic carbocycles. The van der Waals surface area contributed by atoms with Crippen LogP contribution in [0.2, 0.25) is 0 Å². The van der Waals surface area contributed by atoms with Crippen LogP contribution in [0.1, 0.15) is 29.8 Å². The minimum atomic E-state index is -0.964. The number of morpholine rings is 1. The van der Waals surface area contributed by atoms with E-state index in [2.05, 4.69) is 9.88 Å². The highest BCUT2D eigenvalue weighted by Crippen LogP contribution is 2.48. The van der Waals surface area contributed by atoms with Crippen LogP contribution in [0, 0.1) is 0 Å². The van der Waals surface area contributed by atoms with Crippen molar-refractivity contribution in [1.29, 1.82) is 0 Å². The van der Waals surface area contributed by atoms with Crippen molar-refractivity contribution >= 4 is 22.8 Å². The number of aromatic amines is 1. The lowest BCUT2D eigenvalue weighted by atomic mass is 9.81. The molecule has 0 bridgehead atoms. The molecule has 0 saturated carbocycles. The van der Waals surface area contributed by atoms with Crippen LogP contribution in [0.4, 0.5) is 4.79 Å². The van der Waals surface area contributed by atoms with E-state index >= 15 is 0 Å². The molecule has 1 aromatic heterocycles. The number of carbonyl (C=O) groups excluding carboxylic acids is 2. The number of aromatic nitrogens is 1. The number of urea groups is 1. The average molecular weight is 475 g/mol. The molecular weight excluding hydrogens is 444 g/mol. The van der Waals surface area contributed by atoms with Crippen LogP contribution in [-0.4, -0.2) is 83.7 Å². The lowest BCUT2D eigenvalue weighted by molar-refractivity contribution is -0.133. The Kier molecular flexibility index (Phi) is 5.30. The molecule has 2 atom stereocenters. The number of nitrogens with one attached hydrogen (secondary N) is 1. The average Bonchev–Trinajstić information content (AvgIpc) is 3.33. The second-order valence-corrected chi connectivity index (χ2v) is 9.76. The van der Waals surface area contributed by atoms with Crippen molar-refractivity contribution in [2.45, 2.75) is 24.9 Å². The van der Waals surface area contributed by atoms with Gasteiger partial charge in [0.05, 0.1) is 20.3 Å². The molecule has 2 saturated heterocycles. The van der Waals surface area contributed by atoms with Gasteiger partial charge in [-0.15, -0.1) is 0 Å². The normalized spacial score (nSPS) is 24.7. The van der Waals surface area contributed by atoms with Gasteiger partial charge in [0.15, 0.2) is 0 Å². The first kappa shape index (κ1) is 22.1. The topological polar surface area (TPSA) is 78.1 Å². The lowest BCUT2D eigenvalue weighted by Gasteiger charge is -2.42. The van der Waals surface area contributed by atoms with E-state index in [-0.39, 0.29) is 18.0 Å². The molecule has 1 N–H and O–H groups in total. The monoisotopic (exact) mass is 474 g/mol. The molecule has 0 radical (unpaired) electrons. The zero-order valence-electron chi connectivity index (χ0n) is 20.1. The van der Waals surface area contributed by atoms with Crippen molar-refractivity contribution in [3.05, 3.63) is 65.4 Å². The van der Waals surface area contributed by atoms with Gasteiger partial charge in [-0.25, -0.2) is 4.79 Å². The molecule has 2 fully saturated rings. The molecule has 8 nitrogen and oxygen atoms in total. The van der Waals surface area contributed by atoms with Crippen LogP contribution in [0.3, 0.4) is 0 Å². The number of H-pyrrole nitrogens is 1. The Hall–Kier alpha value is -3.36. The highest BCUT2D eigenvalue weighted by atomic mass is 16.5. The Bertz CT molecular complexity index is 1280. The Balaban J connectivity index is 1.43. The fraction of sp³-hybridized carbons (Fsp3) is 0.407. The summed E-state index contributed by atoms with van der Waals surface area (Å²) in [5.74, 6) is 0.642. The predicted molar refractivity (Wildman–Crippen MR) is 131 cm³/mol. The van der Waals surface area contributed by atoms with E-state index in [4.69, 9.17) is 9.47 Å². The zero-order valence-corrected chi connectivity index (χ0v) is 20.1. The van der Waals surface area contributed by atoms with Crippen molar-refractivity contribution in [2.24, 2.45) is 0 Å². The quantitative estimate of drug-likeness (QED) is 0.575. The molecule has 35 heavy (non-hydrogen) atoms.